The van der Waals surface area contributed by atoms with E-state index in [1.165, 1.54) is 12.1 Å². The van der Waals surface area contributed by atoms with Gasteiger partial charge in [-0.3, -0.25) is 5.10 Å². The number of nitrogen functional groups attached to an aromatic ring is 1. The highest BCUT2D eigenvalue weighted by atomic mass is 19.1. The fraction of sp³-hybridized carbons (Fsp3) is 0.0833. The SMILES string of the molecule is Nc1cc(-c2nc(Cc3cc(F)cc(F)c3)no2)[nH]n1. The highest BCUT2D eigenvalue weighted by Crippen LogP contribution is 2.18. The van der Waals surface area contributed by atoms with Crippen molar-refractivity contribution in [2.24, 2.45) is 0 Å². The number of nitrogens with zero attached hydrogens (tertiary/aromatic N) is 3. The molecular formula is C12H9F2N5O. The molecule has 2 aromatic heterocycles. The van der Waals surface area contributed by atoms with Crippen LogP contribution in [-0.4, -0.2) is 20.3 Å². The number of rotatable bonds is 3. The summed E-state index contributed by atoms with van der Waals surface area (Å²) in [7, 11) is 0. The lowest BCUT2D eigenvalue weighted by Crippen LogP contribution is -1.93. The Kier molecular flexibility index (Phi) is 2.90. The molecule has 0 aliphatic heterocycles. The minimum Gasteiger partial charge on any atom is -0.382 e. The lowest BCUT2D eigenvalue weighted by atomic mass is 10.1. The molecule has 0 saturated heterocycles. The van der Waals surface area contributed by atoms with E-state index in [-0.39, 0.29) is 12.3 Å². The van der Waals surface area contributed by atoms with E-state index < -0.39 is 11.6 Å². The molecule has 2 heterocycles. The summed E-state index contributed by atoms with van der Waals surface area (Å²) in [5, 5.41) is 10.1. The van der Waals surface area contributed by atoms with Gasteiger partial charge in [0.1, 0.15) is 23.1 Å². The van der Waals surface area contributed by atoms with Crippen LogP contribution in [0.3, 0.4) is 0 Å². The van der Waals surface area contributed by atoms with E-state index in [0.29, 0.717) is 22.9 Å². The van der Waals surface area contributed by atoms with Gasteiger partial charge < -0.3 is 10.3 Å². The molecule has 0 saturated carbocycles. The molecule has 20 heavy (non-hydrogen) atoms. The highest BCUT2D eigenvalue weighted by molar-refractivity contribution is 5.51. The van der Waals surface area contributed by atoms with E-state index in [1.54, 1.807) is 6.07 Å². The van der Waals surface area contributed by atoms with E-state index in [1.807, 2.05) is 0 Å². The Bertz CT molecular complexity index is 732. The first-order chi connectivity index (χ1) is 9.60. The summed E-state index contributed by atoms with van der Waals surface area (Å²) in [5.74, 6) is -0.485. The van der Waals surface area contributed by atoms with Crippen LogP contribution in [0.15, 0.2) is 28.8 Å². The first-order valence-corrected chi connectivity index (χ1v) is 5.69. The molecule has 0 unspecified atom stereocenters. The van der Waals surface area contributed by atoms with E-state index in [9.17, 15) is 8.78 Å². The van der Waals surface area contributed by atoms with Gasteiger partial charge in [-0.2, -0.15) is 10.1 Å². The van der Waals surface area contributed by atoms with Crippen LogP contribution in [-0.2, 0) is 6.42 Å². The summed E-state index contributed by atoms with van der Waals surface area (Å²) in [4.78, 5) is 4.10. The Hall–Kier alpha value is -2.77. The van der Waals surface area contributed by atoms with Crippen molar-refractivity contribution in [2.75, 3.05) is 5.73 Å². The van der Waals surface area contributed by atoms with Crippen LogP contribution in [0.25, 0.3) is 11.6 Å². The minimum absolute atomic E-state index is 0.155. The summed E-state index contributed by atoms with van der Waals surface area (Å²) in [5.41, 5.74) is 6.36. The molecule has 0 aliphatic carbocycles. The van der Waals surface area contributed by atoms with Gasteiger partial charge in [0.05, 0.1) is 0 Å². The van der Waals surface area contributed by atoms with Crippen molar-refractivity contribution in [3.63, 3.8) is 0 Å². The molecule has 8 heteroatoms. The Balaban J connectivity index is 1.83. The number of hydrogen-bond acceptors (Lipinski definition) is 5. The molecule has 3 aromatic rings. The van der Waals surface area contributed by atoms with Crippen LogP contribution in [0, 0.1) is 11.6 Å². The zero-order chi connectivity index (χ0) is 14.1. The van der Waals surface area contributed by atoms with Gasteiger partial charge in [-0.05, 0) is 17.7 Å². The maximum Gasteiger partial charge on any atom is 0.276 e. The lowest BCUT2D eigenvalue weighted by molar-refractivity contribution is 0.422. The van der Waals surface area contributed by atoms with Crippen molar-refractivity contribution < 1.29 is 13.3 Å². The molecule has 0 spiro atoms. The fourth-order valence-corrected chi connectivity index (χ4v) is 1.78. The van der Waals surface area contributed by atoms with Crippen LogP contribution >= 0.6 is 0 Å². The molecule has 3 N–H and O–H groups in total. The molecule has 0 aliphatic rings. The monoisotopic (exact) mass is 277 g/mol. The fourth-order valence-electron chi connectivity index (χ4n) is 1.78. The number of halogens is 2. The largest absolute Gasteiger partial charge is 0.382 e. The Morgan fingerprint density at radius 1 is 1.15 bits per heavy atom. The Labute approximate surface area is 111 Å². The van der Waals surface area contributed by atoms with E-state index in [4.69, 9.17) is 10.3 Å². The molecule has 0 fully saturated rings. The molecule has 102 valence electrons. The van der Waals surface area contributed by atoms with Crippen molar-refractivity contribution in [3.05, 3.63) is 47.3 Å². The van der Waals surface area contributed by atoms with Gasteiger partial charge in [0.15, 0.2) is 5.82 Å². The average molecular weight is 277 g/mol. The molecule has 0 amide bonds. The first-order valence-electron chi connectivity index (χ1n) is 5.69. The predicted molar refractivity (Wildman–Crippen MR) is 65.5 cm³/mol. The number of H-pyrrole nitrogens is 1. The van der Waals surface area contributed by atoms with Gasteiger partial charge in [-0.1, -0.05) is 5.16 Å². The second kappa shape index (κ2) is 4.72. The summed E-state index contributed by atoms with van der Waals surface area (Å²) in [6.07, 6.45) is 0.155. The zero-order valence-electron chi connectivity index (χ0n) is 10.1. The number of benzene rings is 1. The standard InChI is InChI=1S/C12H9F2N5O/c13-7-1-6(2-8(14)4-7)3-11-16-12(20-19-11)9-5-10(15)18-17-9/h1-2,4-5H,3H2,(H3,15,17,18). The quantitative estimate of drug-likeness (QED) is 0.762. The predicted octanol–water partition coefficient (Wildman–Crippen LogP) is 1.91. The van der Waals surface area contributed by atoms with Crippen molar-refractivity contribution in [1.29, 1.82) is 0 Å². The van der Waals surface area contributed by atoms with Gasteiger partial charge in [0.25, 0.3) is 5.89 Å². The van der Waals surface area contributed by atoms with Crippen molar-refractivity contribution in [1.82, 2.24) is 20.3 Å². The molecular weight excluding hydrogens is 268 g/mol. The second-order valence-corrected chi connectivity index (χ2v) is 4.18. The second-order valence-electron chi connectivity index (χ2n) is 4.18. The minimum atomic E-state index is -0.648. The molecule has 0 radical (unpaired) electrons. The number of nitrogens with one attached hydrogen (secondary N) is 1. The van der Waals surface area contributed by atoms with Gasteiger partial charge in [0.2, 0.25) is 0 Å². The topological polar surface area (TPSA) is 93.6 Å². The van der Waals surface area contributed by atoms with E-state index >= 15 is 0 Å². The van der Waals surface area contributed by atoms with Crippen LogP contribution in [0.5, 0.6) is 0 Å². The normalized spacial score (nSPS) is 10.9. The third-order valence-corrected chi connectivity index (χ3v) is 2.58. The smallest absolute Gasteiger partial charge is 0.276 e. The third kappa shape index (κ3) is 2.48. The zero-order valence-corrected chi connectivity index (χ0v) is 10.1. The van der Waals surface area contributed by atoms with Crippen molar-refractivity contribution in [3.8, 4) is 11.6 Å². The highest BCUT2D eigenvalue weighted by Gasteiger charge is 2.12. The molecule has 6 nitrogen and oxygen atoms in total. The number of nitrogens with two attached hydrogens (primary N) is 1. The van der Waals surface area contributed by atoms with Crippen LogP contribution in [0.2, 0.25) is 0 Å². The summed E-state index contributed by atoms with van der Waals surface area (Å²) >= 11 is 0. The number of aromatic amines is 1. The van der Waals surface area contributed by atoms with Gasteiger partial charge in [0, 0.05) is 18.6 Å². The van der Waals surface area contributed by atoms with Gasteiger partial charge in [-0.25, -0.2) is 8.78 Å². The number of hydrogen-bond donors (Lipinski definition) is 2. The van der Waals surface area contributed by atoms with E-state index in [2.05, 4.69) is 20.3 Å². The summed E-state index contributed by atoms with van der Waals surface area (Å²) in [6.45, 7) is 0. The summed E-state index contributed by atoms with van der Waals surface area (Å²) in [6, 6.07) is 4.78. The molecule has 3 rings (SSSR count). The lowest BCUT2D eigenvalue weighted by Gasteiger charge is -1.97. The Morgan fingerprint density at radius 3 is 2.55 bits per heavy atom. The van der Waals surface area contributed by atoms with Crippen LogP contribution in [0.4, 0.5) is 14.6 Å². The molecule has 0 atom stereocenters. The Morgan fingerprint density at radius 2 is 1.90 bits per heavy atom. The number of aromatic nitrogens is 4. The average Bonchev–Trinajstić information content (AvgIpc) is 2.96. The van der Waals surface area contributed by atoms with E-state index in [0.717, 1.165) is 6.07 Å². The molecule has 0 bridgehead atoms. The van der Waals surface area contributed by atoms with Crippen LogP contribution < -0.4 is 5.73 Å². The van der Waals surface area contributed by atoms with Crippen molar-refractivity contribution >= 4 is 5.82 Å². The van der Waals surface area contributed by atoms with Gasteiger partial charge >= 0.3 is 0 Å². The first kappa shape index (κ1) is 12.3. The van der Waals surface area contributed by atoms with Crippen LogP contribution in [0.1, 0.15) is 11.4 Å². The number of anilines is 1. The molecule has 1 aromatic carbocycles. The maximum absolute atomic E-state index is 13.1. The third-order valence-electron chi connectivity index (χ3n) is 2.58. The summed E-state index contributed by atoms with van der Waals surface area (Å²) < 4.78 is 31.2. The maximum atomic E-state index is 13.1. The van der Waals surface area contributed by atoms with Gasteiger partial charge in [-0.15, -0.1) is 0 Å². The van der Waals surface area contributed by atoms with Crippen molar-refractivity contribution in [2.45, 2.75) is 6.42 Å².